The van der Waals surface area contributed by atoms with Crippen LogP contribution in [0, 0.1) is 0 Å². The van der Waals surface area contributed by atoms with Crippen LogP contribution in [0.4, 0.5) is 10.5 Å². The number of benzene rings is 1. The molecule has 0 radical (unpaired) electrons. The molecule has 0 unspecified atom stereocenters. The molecule has 6 heteroatoms. The maximum atomic E-state index is 12.4. The Morgan fingerprint density at radius 1 is 1.17 bits per heavy atom. The lowest BCUT2D eigenvalue weighted by atomic mass is 9.96. The van der Waals surface area contributed by atoms with Gasteiger partial charge in [-0.1, -0.05) is 31.4 Å². The SMILES string of the molecule is O=C(NCC(=O)N1CCOc2ccccc21)NC1CCCCC1. The maximum Gasteiger partial charge on any atom is 0.315 e. The van der Waals surface area contributed by atoms with E-state index in [0.29, 0.717) is 18.9 Å². The van der Waals surface area contributed by atoms with Gasteiger partial charge < -0.3 is 20.3 Å². The van der Waals surface area contributed by atoms with Crippen LogP contribution in [-0.4, -0.2) is 37.7 Å². The number of hydrogen-bond donors (Lipinski definition) is 2. The van der Waals surface area contributed by atoms with Gasteiger partial charge in [0.1, 0.15) is 12.4 Å². The summed E-state index contributed by atoms with van der Waals surface area (Å²) in [6.45, 7) is 0.964. The Kier molecular flexibility index (Phi) is 5.00. The van der Waals surface area contributed by atoms with Crippen LogP contribution in [0.15, 0.2) is 24.3 Å². The fourth-order valence-corrected chi connectivity index (χ4v) is 3.16. The maximum absolute atomic E-state index is 12.4. The lowest BCUT2D eigenvalue weighted by Crippen LogP contribution is -2.48. The predicted octanol–water partition coefficient (Wildman–Crippen LogP) is 2.04. The second kappa shape index (κ2) is 7.35. The number of amides is 3. The van der Waals surface area contributed by atoms with E-state index in [2.05, 4.69) is 10.6 Å². The van der Waals surface area contributed by atoms with Gasteiger partial charge in [0.25, 0.3) is 0 Å². The van der Waals surface area contributed by atoms with Crippen LogP contribution in [-0.2, 0) is 4.79 Å². The normalized spacial score (nSPS) is 17.8. The number of fused-ring (bicyclic) bond motifs is 1. The molecule has 1 heterocycles. The number of ether oxygens (including phenoxy) is 1. The number of carbonyl (C=O) groups is 2. The highest BCUT2D eigenvalue weighted by Gasteiger charge is 2.23. The average molecular weight is 317 g/mol. The summed E-state index contributed by atoms with van der Waals surface area (Å²) in [5.74, 6) is 0.582. The summed E-state index contributed by atoms with van der Waals surface area (Å²) in [4.78, 5) is 26.0. The fraction of sp³-hybridized carbons (Fsp3) is 0.529. The molecule has 1 saturated carbocycles. The van der Waals surface area contributed by atoms with E-state index in [0.717, 1.165) is 31.4 Å². The molecule has 1 aliphatic carbocycles. The minimum absolute atomic E-state index is 0.00706. The third kappa shape index (κ3) is 3.94. The van der Waals surface area contributed by atoms with Crippen LogP contribution in [0.3, 0.4) is 0 Å². The largest absolute Gasteiger partial charge is 0.490 e. The highest BCUT2D eigenvalue weighted by molar-refractivity contribution is 5.98. The topological polar surface area (TPSA) is 70.7 Å². The first-order valence-corrected chi connectivity index (χ1v) is 8.30. The first-order chi connectivity index (χ1) is 11.2. The average Bonchev–Trinajstić information content (AvgIpc) is 2.60. The lowest BCUT2D eigenvalue weighted by molar-refractivity contribution is -0.117. The molecule has 0 atom stereocenters. The molecule has 1 aromatic rings. The van der Waals surface area contributed by atoms with Crippen molar-refractivity contribution < 1.29 is 14.3 Å². The number of carbonyl (C=O) groups excluding carboxylic acids is 2. The fourth-order valence-electron chi connectivity index (χ4n) is 3.16. The molecule has 1 fully saturated rings. The van der Waals surface area contributed by atoms with Crippen molar-refractivity contribution in [3.8, 4) is 5.75 Å². The second-order valence-corrected chi connectivity index (χ2v) is 6.02. The van der Waals surface area contributed by atoms with Gasteiger partial charge in [-0.3, -0.25) is 4.79 Å². The molecule has 1 aromatic carbocycles. The van der Waals surface area contributed by atoms with Crippen molar-refractivity contribution in [2.75, 3.05) is 24.6 Å². The molecule has 1 aliphatic heterocycles. The molecule has 0 spiro atoms. The lowest BCUT2D eigenvalue weighted by Gasteiger charge is -2.29. The van der Waals surface area contributed by atoms with Gasteiger partial charge in [0, 0.05) is 6.04 Å². The van der Waals surface area contributed by atoms with E-state index in [1.54, 1.807) is 4.90 Å². The van der Waals surface area contributed by atoms with Crippen molar-refractivity contribution >= 4 is 17.6 Å². The Hall–Kier alpha value is -2.24. The smallest absolute Gasteiger partial charge is 0.315 e. The van der Waals surface area contributed by atoms with Gasteiger partial charge in [-0.05, 0) is 25.0 Å². The predicted molar refractivity (Wildman–Crippen MR) is 87.7 cm³/mol. The van der Waals surface area contributed by atoms with E-state index in [1.807, 2.05) is 24.3 Å². The zero-order valence-electron chi connectivity index (χ0n) is 13.2. The highest BCUT2D eigenvalue weighted by Crippen LogP contribution is 2.30. The Balaban J connectivity index is 1.50. The number of nitrogens with one attached hydrogen (secondary N) is 2. The van der Waals surface area contributed by atoms with E-state index >= 15 is 0 Å². The zero-order valence-corrected chi connectivity index (χ0v) is 13.2. The number of para-hydroxylation sites is 2. The number of urea groups is 1. The standard InChI is InChI=1S/C17H23N3O3/c21-16(12-18-17(22)19-13-6-2-1-3-7-13)20-10-11-23-15-9-5-4-8-14(15)20/h4-5,8-9,13H,1-3,6-7,10-12H2,(H2,18,19,22). The molecule has 2 N–H and O–H groups in total. The van der Waals surface area contributed by atoms with E-state index in [9.17, 15) is 9.59 Å². The van der Waals surface area contributed by atoms with E-state index < -0.39 is 0 Å². The van der Waals surface area contributed by atoms with Crippen LogP contribution < -0.4 is 20.3 Å². The van der Waals surface area contributed by atoms with Gasteiger partial charge in [-0.2, -0.15) is 0 Å². The van der Waals surface area contributed by atoms with E-state index in [1.165, 1.54) is 6.42 Å². The van der Waals surface area contributed by atoms with Crippen molar-refractivity contribution in [1.29, 1.82) is 0 Å². The third-order valence-corrected chi connectivity index (χ3v) is 4.37. The van der Waals surface area contributed by atoms with Crippen molar-refractivity contribution in [3.63, 3.8) is 0 Å². The summed E-state index contributed by atoms with van der Waals surface area (Å²) < 4.78 is 5.54. The van der Waals surface area contributed by atoms with Crippen LogP contribution >= 0.6 is 0 Å². The number of rotatable bonds is 3. The summed E-state index contributed by atoms with van der Waals surface area (Å²) in [7, 11) is 0. The van der Waals surface area contributed by atoms with Crippen molar-refractivity contribution in [1.82, 2.24) is 10.6 Å². The molecule has 3 amide bonds. The van der Waals surface area contributed by atoms with Crippen LogP contribution in [0.2, 0.25) is 0 Å². The summed E-state index contributed by atoms with van der Waals surface area (Å²) >= 11 is 0. The Bertz CT molecular complexity index is 570. The van der Waals surface area contributed by atoms with Gasteiger partial charge in [0.2, 0.25) is 5.91 Å². The van der Waals surface area contributed by atoms with Crippen LogP contribution in [0.1, 0.15) is 32.1 Å². The van der Waals surface area contributed by atoms with Crippen molar-refractivity contribution in [2.45, 2.75) is 38.1 Å². The third-order valence-electron chi connectivity index (χ3n) is 4.37. The molecule has 0 aromatic heterocycles. The molecular weight excluding hydrogens is 294 g/mol. The Morgan fingerprint density at radius 3 is 2.78 bits per heavy atom. The van der Waals surface area contributed by atoms with Gasteiger partial charge in [-0.15, -0.1) is 0 Å². The summed E-state index contributed by atoms with van der Waals surface area (Å²) in [5, 5.41) is 5.63. The first kappa shape index (κ1) is 15.6. The van der Waals surface area contributed by atoms with Crippen LogP contribution in [0.25, 0.3) is 0 Å². The molecule has 2 aliphatic rings. The second-order valence-electron chi connectivity index (χ2n) is 6.02. The Labute approximate surface area is 136 Å². The summed E-state index contributed by atoms with van der Waals surface area (Å²) in [6.07, 6.45) is 5.62. The molecule has 0 saturated heterocycles. The molecule has 6 nitrogen and oxygen atoms in total. The van der Waals surface area contributed by atoms with E-state index in [-0.39, 0.29) is 24.5 Å². The number of anilines is 1. The molecule has 0 bridgehead atoms. The first-order valence-electron chi connectivity index (χ1n) is 8.30. The molecule has 124 valence electrons. The van der Waals surface area contributed by atoms with Crippen molar-refractivity contribution in [3.05, 3.63) is 24.3 Å². The van der Waals surface area contributed by atoms with E-state index in [4.69, 9.17) is 4.74 Å². The minimum atomic E-state index is -0.258. The monoisotopic (exact) mass is 317 g/mol. The van der Waals surface area contributed by atoms with Crippen molar-refractivity contribution in [2.24, 2.45) is 0 Å². The minimum Gasteiger partial charge on any atom is -0.490 e. The number of hydrogen-bond acceptors (Lipinski definition) is 3. The Morgan fingerprint density at radius 2 is 1.96 bits per heavy atom. The van der Waals surface area contributed by atoms with Gasteiger partial charge in [0.05, 0.1) is 18.8 Å². The summed E-state index contributed by atoms with van der Waals surface area (Å²) in [5.41, 5.74) is 0.762. The molecule has 3 rings (SSSR count). The quantitative estimate of drug-likeness (QED) is 0.896. The van der Waals surface area contributed by atoms with Gasteiger partial charge in [-0.25, -0.2) is 4.79 Å². The van der Waals surface area contributed by atoms with Gasteiger partial charge >= 0.3 is 6.03 Å². The molecule has 23 heavy (non-hydrogen) atoms. The number of nitrogens with zero attached hydrogens (tertiary/aromatic N) is 1. The summed E-state index contributed by atoms with van der Waals surface area (Å²) in [6, 6.07) is 7.43. The van der Waals surface area contributed by atoms with Crippen LogP contribution in [0.5, 0.6) is 5.75 Å². The highest BCUT2D eigenvalue weighted by atomic mass is 16.5. The molecular formula is C17H23N3O3. The van der Waals surface area contributed by atoms with Gasteiger partial charge in [0.15, 0.2) is 0 Å². The zero-order chi connectivity index (χ0) is 16.1.